The molecule has 0 aromatic heterocycles. The van der Waals surface area contributed by atoms with Crippen LogP contribution in [-0.2, 0) is 9.59 Å². The zero-order valence-electron chi connectivity index (χ0n) is 14.6. The van der Waals surface area contributed by atoms with E-state index < -0.39 is 17.8 Å². The number of carboxylic acids is 1. The van der Waals surface area contributed by atoms with Gasteiger partial charge in [0.2, 0.25) is 5.91 Å². The largest absolute Gasteiger partial charge is 0.481 e. The van der Waals surface area contributed by atoms with Crippen molar-refractivity contribution >= 4 is 29.2 Å². The van der Waals surface area contributed by atoms with E-state index in [9.17, 15) is 14.7 Å². The van der Waals surface area contributed by atoms with Crippen LogP contribution in [-0.4, -0.2) is 17.0 Å². The van der Waals surface area contributed by atoms with E-state index in [2.05, 4.69) is 5.32 Å². The summed E-state index contributed by atoms with van der Waals surface area (Å²) >= 11 is 5.86. The molecule has 4 rings (SSSR count). The van der Waals surface area contributed by atoms with Gasteiger partial charge in [0.1, 0.15) is 11.5 Å². The third kappa shape index (κ3) is 3.65. The number of carbonyl (C=O) groups excluding carboxylic acids is 1. The third-order valence-electron chi connectivity index (χ3n) is 5.68. The van der Waals surface area contributed by atoms with E-state index in [1.807, 2.05) is 0 Å². The van der Waals surface area contributed by atoms with Crippen molar-refractivity contribution in [2.75, 3.05) is 5.32 Å². The summed E-state index contributed by atoms with van der Waals surface area (Å²) in [4.78, 5) is 24.3. The third-order valence-corrected chi connectivity index (χ3v) is 5.93. The maximum atomic E-state index is 12.7. The molecular weight excluding hydrogens is 366 g/mol. The first-order chi connectivity index (χ1) is 13.0. The van der Waals surface area contributed by atoms with Gasteiger partial charge in [0, 0.05) is 10.7 Å². The van der Waals surface area contributed by atoms with Gasteiger partial charge in [0.15, 0.2) is 0 Å². The van der Waals surface area contributed by atoms with Gasteiger partial charge < -0.3 is 15.2 Å². The second kappa shape index (κ2) is 7.24. The Hall–Kier alpha value is -2.53. The van der Waals surface area contributed by atoms with Crippen molar-refractivity contribution in [3.05, 3.63) is 53.6 Å². The van der Waals surface area contributed by atoms with E-state index in [1.54, 1.807) is 48.5 Å². The highest BCUT2D eigenvalue weighted by atomic mass is 35.5. The summed E-state index contributed by atoms with van der Waals surface area (Å²) in [6.45, 7) is 0. The van der Waals surface area contributed by atoms with E-state index in [-0.39, 0.29) is 17.7 Å². The Kier molecular flexibility index (Phi) is 4.79. The molecule has 0 aliphatic heterocycles. The predicted octanol–water partition coefficient (Wildman–Crippen LogP) is 4.82. The maximum absolute atomic E-state index is 12.7. The zero-order valence-corrected chi connectivity index (χ0v) is 15.4. The second-order valence-corrected chi connectivity index (χ2v) is 7.73. The number of benzene rings is 2. The Morgan fingerprint density at radius 1 is 0.926 bits per heavy atom. The number of aliphatic carboxylic acids is 1. The van der Waals surface area contributed by atoms with Crippen LogP contribution in [0, 0.1) is 23.7 Å². The first-order valence-corrected chi connectivity index (χ1v) is 9.46. The van der Waals surface area contributed by atoms with Crippen LogP contribution in [0.5, 0.6) is 11.5 Å². The normalized spacial score (nSPS) is 26.0. The van der Waals surface area contributed by atoms with Crippen LogP contribution in [0.15, 0.2) is 48.5 Å². The molecule has 2 fully saturated rings. The lowest BCUT2D eigenvalue weighted by molar-refractivity contribution is -0.148. The van der Waals surface area contributed by atoms with Crippen molar-refractivity contribution in [1.29, 1.82) is 0 Å². The summed E-state index contributed by atoms with van der Waals surface area (Å²) in [6.07, 6.45) is 2.71. The van der Waals surface area contributed by atoms with Gasteiger partial charge in [-0.25, -0.2) is 0 Å². The number of carbonyl (C=O) groups is 2. The van der Waals surface area contributed by atoms with Gasteiger partial charge in [-0.1, -0.05) is 11.6 Å². The van der Waals surface area contributed by atoms with Crippen molar-refractivity contribution < 1.29 is 19.4 Å². The van der Waals surface area contributed by atoms with Crippen molar-refractivity contribution in [3.63, 3.8) is 0 Å². The van der Waals surface area contributed by atoms with Gasteiger partial charge in [-0.15, -0.1) is 0 Å². The molecule has 0 saturated heterocycles. The lowest BCUT2D eigenvalue weighted by Gasteiger charge is -2.27. The molecular formula is C21H20ClNO4. The average Bonchev–Trinajstić information content (AvgIpc) is 3.26. The molecule has 5 nitrogen and oxygen atoms in total. The van der Waals surface area contributed by atoms with Crippen molar-refractivity contribution in [2.45, 2.75) is 19.3 Å². The topological polar surface area (TPSA) is 75.6 Å². The number of hydrogen-bond donors (Lipinski definition) is 2. The fourth-order valence-electron chi connectivity index (χ4n) is 4.49. The molecule has 1 amide bonds. The van der Waals surface area contributed by atoms with E-state index in [4.69, 9.17) is 16.3 Å². The minimum absolute atomic E-state index is 0.137. The molecule has 6 heteroatoms. The fraction of sp³-hybridized carbons (Fsp3) is 0.333. The highest BCUT2D eigenvalue weighted by Gasteiger charge is 2.53. The van der Waals surface area contributed by atoms with Gasteiger partial charge in [-0.2, -0.15) is 0 Å². The summed E-state index contributed by atoms with van der Waals surface area (Å²) in [5, 5.41) is 13.0. The Balaban J connectivity index is 1.41. The Morgan fingerprint density at radius 2 is 1.48 bits per heavy atom. The van der Waals surface area contributed by atoms with Crippen LogP contribution in [0.3, 0.4) is 0 Å². The highest BCUT2D eigenvalue weighted by molar-refractivity contribution is 6.30. The van der Waals surface area contributed by atoms with Crippen molar-refractivity contribution in [1.82, 2.24) is 0 Å². The first kappa shape index (κ1) is 17.9. The standard InChI is InChI=1S/C21H20ClNO4/c22-14-3-7-16(8-4-14)27-17-9-5-15(6-10-17)23-20(24)18-12-1-2-13(11-12)19(18)21(25)26/h3-10,12-13,18-19H,1-2,11H2,(H,23,24)(H,25,26). The smallest absolute Gasteiger partial charge is 0.307 e. The molecule has 4 atom stereocenters. The van der Waals surface area contributed by atoms with Crippen LogP contribution in [0.1, 0.15) is 19.3 Å². The van der Waals surface area contributed by atoms with Gasteiger partial charge in [0.25, 0.3) is 0 Å². The average molecular weight is 386 g/mol. The summed E-state index contributed by atoms with van der Waals surface area (Å²) < 4.78 is 5.73. The Morgan fingerprint density at radius 3 is 2.07 bits per heavy atom. The predicted molar refractivity (Wildman–Crippen MR) is 102 cm³/mol. The van der Waals surface area contributed by atoms with E-state index in [0.29, 0.717) is 22.2 Å². The molecule has 0 radical (unpaired) electrons. The number of carboxylic acid groups (broad SMARTS) is 1. The van der Waals surface area contributed by atoms with Crippen LogP contribution < -0.4 is 10.1 Å². The van der Waals surface area contributed by atoms with Crippen molar-refractivity contribution in [3.8, 4) is 11.5 Å². The Bertz CT molecular complexity index is 849. The maximum Gasteiger partial charge on any atom is 0.307 e. The molecule has 2 bridgehead atoms. The molecule has 2 N–H and O–H groups in total. The van der Waals surface area contributed by atoms with E-state index in [1.165, 1.54) is 0 Å². The minimum atomic E-state index is -0.853. The number of ether oxygens (including phenoxy) is 1. The van der Waals surface area contributed by atoms with Crippen LogP contribution in [0.2, 0.25) is 5.02 Å². The summed E-state index contributed by atoms with van der Waals surface area (Å²) in [5.74, 6) is -0.416. The number of nitrogens with one attached hydrogen (secondary N) is 1. The number of halogens is 1. The first-order valence-electron chi connectivity index (χ1n) is 9.08. The van der Waals surface area contributed by atoms with Crippen LogP contribution >= 0.6 is 11.6 Å². The molecule has 140 valence electrons. The zero-order chi connectivity index (χ0) is 19.0. The van der Waals surface area contributed by atoms with E-state index in [0.717, 1.165) is 19.3 Å². The minimum Gasteiger partial charge on any atom is -0.481 e. The quantitative estimate of drug-likeness (QED) is 0.773. The Labute approximate surface area is 162 Å². The SMILES string of the molecule is O=C(O)C1C2CCC(C2)C1C(=O)Nc1ccc(Oc2ccc(Cl)cc2)cc1. The molecule has 0 heterocycles. The molecule has 2 aliphatic rings. The molecule has 2 aromatic rings. The van der Waals surface area contributed by atoms with Crippen LogP contribution in [0.25, 0.3) is 0 Å². The molecule has 2 aromatic carbocycles. The number of anilines is 1. The number of hydrogen-bond acceptors (Lipinski definition) is 3. The van der Waals surface area contributed by atoms with Gasteiger partial charge in [-0.3, -0.25) is 9.59 Å². The van der Waals surface area contributed by atoms with E-state index >= 15 is 0 Å². The number of fused-ring (bicyclic) bond motifs is 2. The molecule has 2 aliphatic carbocycles. The monoisotopic (exact) mass is 385 g/mol. The lowest BCUT2D eigenvalue weighted by atomic mass is 9.78. The second-order valence-electron chi connectivity index (χ2n) is 7.29. The molecule has 0 spiro atoms. The fourth-order valence-corrected chi connectivity index (χ4v) is 4.62. The molecule has 4 unspecified atom stereocenters. The molecule has 27 heavy (non-hydrogen) atoms. The van der Waals surface area contributed by atoms with Gasteiger partial charge in [0.05, 0.1) is 11.8 Å². The van der Waals surface area contributed by atoms with Crippen LogP contribution in [0.4, 0.5) is 5.69 Å². The summed E-state index contributed by atoms with van der Waals surface area (Å²) in [6, 6.07) is 14.1. The summed E-state index contributed by atoms with van der Waals surface area (Å²) in [5.41, 5.74) is 0.635. The van der Waals surface area contributed by atoms with Gasteiger partial charge in [-0.05, 0) is 79.6 Å². The lowest BCUT2D eigenvalue weighted by Crippen LogP contribution is -2.37. The number of rotatable bonds is 5. The summed E-state index contributed by atoms with van der Waals surface area (Å²) in [7, 11) is 0. The molecule has 2 saturated carbocycles. The number of amides is 1. The highest BCUT2D eigenvalue weighted by Crippen LogP contribution is 2.52. The van der Waals surface area contributed by atoms with Crippen molar-refractivity contribution in [2.24, 2.45) is 23.7 Å². The van der Waals surface area contributed by atoms with Gasteiger partial charge >= 0.3 is 5.97 Å².